The number of nitrogens with two attached hydrogens (primary N) is 1. The Hall–Kier alpha value is -2.46. The van der Waals surface area contributed by atoms with E-state index in [1.165, 1.54) is 13.0 Å². The van der Waals surface area contributed by atoms with Crippen LogP contribution in [0.15, 0.2) is 40.4 Å². The first-order chi connectivity index (χ1) is 10.4. The fraction of sp³-hybridized carbons (Fsp3) is 0.267. The lowest BCUT2D eigenvalue weighted by Gasteiger charge is -2.08. The van der Waals surface area contributed by atoms with Crippen molar-refractivity contribution < 1.29 is 18.5 Å². The summed E-state index contributed by atoms with van der Waals surface area (Å²) in [6.07, 6.45) is 0. The third-order valence-electron chi connectivity index (χ3n) is 2.73. The molecular formula is C15H16N2O4S. The van der Waals surface area contributed by atoms with E-state index in [1.807, 2.05) is 0 Å². The summed E-state index contributed by atoms with van der Waals surface area (Å²) in [5.41, 5.74) is 5.37. The number of ether oxygens (including phenoxy) is 1. The Balaban J connectivity index is 2.88. The highest BCUT2D eigenvalue weighted by molar-refractivity contribution is 7.85. The number of nitrogens with zero attached hydrogens (tertiary/aromatic N) is 1. The van der Waals surface area contributed by atoms with Gasteiger partial charge in [-0.15, -0.1) is 0 Å². The van der Waals surface area contributed by atoms with Gasteiger partial charge in [0.1, 0.15) is 11.6 Å². The van der Waals surface area contributed by atoms with E-state index >= 15 is 0 Å². The number of hydrogen-bond donors (Lipinski definition) is 1. The molecule has 0 amide bonds. The molecule has 1 rings (SSSR count). The van der Waals surface area contributed by atoms with Crippen molar-refractivity contribution in [1.82, 2.24) is 0 Å². The van der Waals surface area contributed by atoms with Crippen molar-refractivity contribution in [2.24, 2.45) is 5.73 Å². The molecule has 0 saturated carbocycles. The lowest BCUT2D eigenvalue weighted by molar-refractivity contribution is -0.118. The van der Waals surface area contributed by atoms with E-state index in [0.29, 0.717) is 10.6 Å². The van der Waals surface area contributed by atoms with E-state index in [1.54, 1.807) is 31.2 Å². The Kier molecular flexibility index (Phi) is 6.47. The average molecular weight is 320 g/mol. The van der Waals surface area contributed by atoms with Gasteiger partial charge in [-0.25, -0.2) is 4.79 Å². The van der Waals surface area contributed by atoms with Crippen LogP contribution in [0.25, 0.3) is 0 Å². The van der Waals surface area contributed by atoms with Gasteiger partial charge < -0.3 is 10.5 Å². The van der Waals surface area contributed by atoms with Crippen molar-refractivity contribution in [3.63, 3.8) is 0 Å². The van der Waals surface area contributed by atoms with Crippen LogP contribution in [0, 0.1) is 11.3 Å². The first-order valence-corrected chi connectivity index (χ1v) is 7.78. The zero-order chi connectivity index (χ0) is 16.7. The van der Waals surface area contributed by atoms with Crippen molar-refractivity contribution in [2.45, 2.75) is 18.7 Å². The van der Waals surface area contributed by atoms with Gasteiger partial charge in [-0.05, 0) is 19.1 Å². The minimum absolute atomic E-state index is 0.0658. The minimum atomic E-state index is -1.32. The number of rotatable bonds is 6. The van der Waals surface area contributed by atoms with Gasteiger partial charge in [-0.2, -0.15) is 5.26 Å². The Labute approximate surface area is 131 Å². The molecule has 0 spiro atoms. The number of allylic oxidation sites excluding steroid dienone is 1. The van der Waals surface area contributed by atoms with Crippen LogP contribution in [0.4, 0.5) is 0 Å². The molecule has 0 aliphatic heterocycles. The van der Waals surface area contributed by atoms with Gasteiger partial charge in [0.25, 0.3) is 0 Å². The summed E-state index contributed by atoms with van der Waals surface area (Å²) in [6.45, 7) is 2.55. The second-order valence-electron chi connectivity index (χ2n) is 4.30. The van der Waals surface area contributed by atoms with Gasteiger partial charge in [-0.3, -0.25) is 9.00 Å². The summed E-state index contributed by atoms with van der Waals surface area (Å²) in [5, 5.41) is 8.81. The molecule has 1 aromatic rings. The summed E-state index contributed by atoms with van der Waals surface area (Å²) in [6, 6.07) is 7.99. The molecule has 0 radical (unpaired) electrons. The van der Waals surface area contributed by atoms with E-state index in [2.05, 4.69) is 0 Å². The summed E-state index contributed by atoms with van der Waals surface area (Å²) < 4.78 is 16.8. The van der Waals surface area contributed by atoms with E-state index < -0.39 is 29.2 Å². The van der Waals surface area contributed by atoms with Crippen molar-refractivity contribution in [3.05, 3.63) is 41.1 Å². The van der Waals surface area contributed by atoms with Crippen molar-refractivity contribution in [1.29, 1.82) is 5.26 Å². The lowest BCUT2D eigenvalue weighted by Crippen LogP contribution is -2.18. The van der Waals surface area contributed by atoms with Crippen LogP contribution in [0.1, 0.15) is 24.2 Å². The van der Waals surface area contributed by atoms with Crippen LogP contribution < -0.4 is 5.73 Å². The summed E-state index contributed by atoms with van der Waals surface area (Å²) in [7, 11) is -1.32. The van der Waals surface area contributed by atoms with Gasteiger partial charge in [0.15, 0.2) is 6.61 Å². The first-order valence-electron chi connectivity index (χ1n) is 6.46. The van der Waals surface area contributed by atoms with Crippen LogP contribution in [0.2, 0.25) is 0 Å². The molecule has 0 fully saturated rings. The van der Waals surface area contributed by atoms with Crippen molar-refractivity contribution in [3.8, 4) is 6.07 Å². The molecule has 0 heterocycles. The van der Waals surface area contributed by atoms with E-state index in [0.717, 1.165) is 0 Å². The molecule has 6 nitrogen and oxygen atoms in total. The van der Waals surface area contributed by atoms with Gasteiger partial charge in [0.2, 0.25) is 5.78 Å². The molecule has 0 aliphatic carbocycles. The normalized spacial score (nSPS) is 12.8. The van der Waals surface area contributed by atoms with Crippen LogP contribution >= 0.6 is 0 Å². The fourth-order valence-corrected chi connectivity index (χ4v) is 2.58. The topological polar surface area (TPSA) is 110 Å². The largest absolute Gasteiger partial charge is 0.454 e. The number of ketones is 1. The molecule has 0 saturated heterocycles. The molecule has 1 aromatic carbocycles. The number of esters is 1. The van der Waals surface area contributed by atoms with Gasteiger partial charge in [-0.1, -0.05) is 19.1 Å². The zero-order valence-electron chi connectivity index (χ0n) is 12.3. The predicted octanol–water partition coefficient (Wildman–Crippen LogP) is 1.30. The maximum Gasteiger partial charge on any atom is 0.339 e. The fourth-order valence-electron chi connectivity index (χ4n) is 1.64. The summed E-state index contributed by atoms with van der Waals surface area (Å²) in [5.74, 6) is -1.08. The van der Waals surface area contributed by atoms with Crippen LogP contribution in [-0.4, -0.2) is 28.3 Å². The number of hydrogen-bond acceptors (Lipinski definition) is 6. The first kappa shape index (κ1) is 17.6. The van der Waals surface area contributed by atoms with Crippen LogP contribution in [0.5, 0.6) is 0 Å². The molecule has 0 aromatic heterocycles. The number of nitriles is 1. The van der Waals surface area contributed by atoms with E-state index in [4.69, 9.17) is 15.7 Å². The predicted molar refractivity (Wildman–Crippen MR) is 81.2 cm³/mol. The highest BCUT2D eigenvalue weighted by Gasteiger charge is 2.19. The van der Waals surface area contributed by atoms with Crippen molar-refractivity contribution in [2.75, 3.05) is 12.4 Å². The number of benzene rings is 1. The molecule has 7 heteroatoms. The highest BCUT2D eigenvalue weighted by atomic mass is 32.2. The van der Waals surface area contributed by atoms with Gasteiger partial charge >= 0.3 is 5.97 Å². The number of Topliss-reactive ketones (excluding diaryl/α,β-unsaturated/α-hetero) is 1. The molecule has 116 valence electrons. The molecule has 22 heavy (non-hydrogen) atoms. The lowest BCUT2D eigenvalue weighted by atomic mass is 10.1. The average Bonchev–Trinajstić information content (AvgIpc) is 2.52. The van der Waals surface area contributed by atoms with Crippen LogP contribution in [-0.2, 0) is 20.3 Å². The maximum absolute atomic E-state index is 12.0. The molecule has 0 aliphatic rings. The Bertz CT molecular complexity index is 685. The molecule has 0 bridgehead atoms. The van der Waals surface area contributed by atoms with E-state index in [9.17, 15) is 13.8 Å². The number of carbonyl (C=O) groups is 2. The monoisotopic (exact) mass is 320 g/mol. The smallest absolute Gasteiger partial charge is 0.339 e. The second kappa shape index (κ2) is 8.10. The third-order valence-corrected chi connectivity index (χ3v) is 4.10. The quantitative estimate of drug-likeness (QED) is 0.480. The summed E-state index contributed by atoms with van der Waals surface area (Å²) in [4.78, 5) is 24.1. The molecule has 2 N–H and O–H groups in total. The second-order valence-corrected chi connectivity index (χ2v) is 6.01. The standard InChI is InChI=1S/C15H16N2O4S/c1-3-22(20)14-7-5-4-6-11(14)15(19)21-9-13(18)12(8-16)10(2)17/h4-7H,3,9,17H2,1-2H3/b12-10+. The Morgan fingerprint density at radius 3 is 2.55 bits per heavy atom. The maximum atomic E-state index is 12.0. The van der Waals surface area contributed by atoms with Crippen molar-refractivity contribution >= 4 is 22.6 Å². The Morgan fingerprint density at radius 2 is 2.00 bits per heavy atom. The minimum Gasteiger partial charge on any atom is -0.454 e. The summed E-state index contributed by atoms with van der Waals surface area (Å²) >= 11 is 0. The van der Waals surface area contributed by atoms with Crippen LogP contribution in [0.3, 0.4) is 0 Å². The molecule has 1 atom stereocenters. The Morgan fingerprint density at radius 1 is 1.36 bits per heavy atom. The number of carbonyl (C=O) groups excluding carboxylic acids is 2. The third kappa shape index (κ3) is 4.27. The molecule has 1 unspecified atom stereocenters. The molecular weight excluding hydrogens is 304 g/mol. The zero-order valence-corrected chi connectivity index (χ0v) is 13.1. The SMILES string of the molecule is CCS(=O)c1ccccc1C(=O)OCC(=O)/C(C#N)=C(\C)N. The van der Waals surface area contributed by atoms with Gasteiger partial charge in [0, 0.05) is 11.4 Å². The van der Waals surface area contributed by atoms with Gasteiger partial charge in [0.05, 0.1) is 21.3 Å². The highest BCUT2D eigenvalue weighted by Crippen LogP contribution is 2.15. The van der Waals surface area contributed by atoms with E-state index in [-0.39, 0.29) is 16.8 Å².